The summed E-state index contributed by atoms with van der Waals surface area (Å²) in [5.74, 6) is -0.793. The Bertz CT molecular complexity index is 1380. The minimum absolute atomic E-state index is 0.0224. The Balaban J connectivity index is 2.03. The molecule has 0 heterocycles. The van der Waals surface area contributed by atoms with Crippen molar-refractivity contribution in [1.29, 1.82) is 0 Å². The van der Waals surface area contributed by atoms with Gasteiger partial charge < -0.3 is 15.0 Å². The van der Waals surface area contributed by atoms with Crippen LogP contribution in [0.5, 0.6) is 5.75 Å². The van der Waals surface area contributed by atoms with Gasteiger partial charge in [0.15, 0.2) is 0 Å². The molecule has 0 unspecified atom stereocenters. The highest BCUT2D eigenvalue weighted by atomic mass is 32.2. The van der Waals surface area contributed by atoms with Crippen LogP contribution in [0.3, 0.4) is 0 Å². The van der Waals surface area contributed by atoms with Crippen molar-refractivity contribution >= 4 is 27.5 Å². The standard InChI is InChI=1S/C31H38FN3O5S/c1-5-23(3)33-31(37)29(20-24-10-8-7-9-11-24)34(21-25-12-14-26(32)15-13-25)30(36)22-35(41(4,38)39)27-16-18-28(19-17-27)40-6-2/h7-19,23,29H,5-6,20-22H2,1-4H3,(H,33,37)/t23-,29-/m0/s1. The summed E-state index contributed by atoms with van der Waals surface area (Å²) in [5.41, 5.74) is 1.72. The van der Waals surface area contributed by atoms with E-state index in [0.29, 0.717) is 24.3 Å². The van der Waals surface area contributed by atoms with Crippen LogP contribution < -0.4 is 14.4 Å². The van der Waals surface area contributed by atoms with Crippen molar-refractivity contribution < 1.29 is 27.1 Å². The number of hydrogen-bond acceptors (Lipinski definition) is 5. The van der Waals surface area contributed by atoms with Crippen LogP contribution in [0.4, 0.5) is 10.1 Å². The Labute approximate surface area is 242 Å². The van der Waals surface area contributed by atoms with Gasteiger partial charge in [-0.05, 0) is 67.8 Å². The smallest absolute Gasteiger partial charge is 0.244 e. The quantitative estimate of drug-likeness (QED) is 0.301. The predicted molar refractivity (Wildman–Crippen MR) is 159 cm³/mol. The molecule has 0 radical (unpaired) electrons. The molecule has 8 nitrogen and oxygen atoms in total. The number of rotatable bonds is 14. The van der Waals surface area contributed by atoms with Crippen molar-refractivity contribution in [1.82, 2.24) is 10.2 Å². The number of nitrogens with one attached hydrogen (secondary N) is 1. The summed E-state index contributed by atoms with van der Waals surface area (Å²) in [6, 6.07) is 20.3. The Hall–Kier alpha value is -3.92. The molecule has 0 aliphatic heterocycles. The van der Waals surface area contributed by atoms with E-state index in [4.69, 9.17) is 4.74 Å². The largest absolute Gasteiger partial charge is 0.494 e. The summed E-state index contributed by atoms with van der Waals surface area (Å²) >= 11 is 0. The van der Waals surface area contributed by atoms with Gasteiger partial charge in [0.25, 0.3) is 0 Å². The van der Waals surface area contributed by atoms with Crippen LogP contribution in [-0.2, 0) is 32.6 Å². The van der Waals surface area contributed by atoms with Gasteiger partial charge in [-0.25, -0.2) is 12.8 Å². The van der Waals surface area contributed by atoms with E-state index in [2.05, 4.69) is 5.32 Å². The minimum Gasteiger partial charge on any atom is -0.494 e. The number of nitrogens with zero attached hydrogens (tertiary/aromatic N) is 2. The number of hydrogen-bond donors (Lipinski definition) is 1. The molecule has 2 atom stereocenters. The molecule has 0 saturated heterocycles. The van der Waals surface area contributed by atoms with Gasteiger partial charge in [-0.1, -0.05) is 49.4 Å². The summed E-state index contributed by atoms with van der Waals surface area (Å²) in [7, 11) is -3.88. The summed E-state index contributed by atoms with van der Waals surface area (Å²) in [6.07, 6.45) is 1.92. The normalized spacial score (nSPS) is 12.7. The maximum Gasteiger partial charge on any atom is 0.244 e. The third kappa shape index (κ3) is 9.31. The van der Waals surface area contributed by atoms with Gasteiger partial charge in [-0.3, -0.25) is 13.9 Å². The van der Waals surface area contributed by atoms with Crippen LogP contribution in [0.15, 0.2) is 78.9 Å². The van der Waals surface area contributed by atoms with Crippen molar-refractivity contribution in [2.75, 3.05) is 23.7 Å². The predicted octanol–water partition coefficient (Wildman–Crippen LogP) is 4.55. The zero-order valence-corrected chi connectivity index (χ0v) is 24.7. The SMILES string of the molecule is CCOc1ccc(N(CC(=O)N(Cc2ccc(F)cc2)[C@@H](Cc2ccccc2)C(=O)N[C@@H](C)CC)S(C)(=O)=O)cc1. The van der Waals surface area contributed by atoms with Gasteiger partial charge in [-0.2, -0.15) is 0 Å². The number of sulfonamides is 1. The van der Waals surface area contributed by atoms with E-state index in [0.717, 1.165) is 16.1 Å². The number of carbonyl (C=O) groups is 2. The zero-order valence-electron chi connectivity index (χ0n) is 23.9. The third-order valence-electron chi connectivity index (χ3n) is 6.65. The van der Waals surface area contributed by atoms with E-state index in [-0.39, 0.29) is 30.6 Å². The van der Waals surface area contributed by atoms with Crippen molar-refractivity contribution in [3.63, 3.8) is 0 Å². The lowest BCUT2D eigenvalue weighted by molar-refractivity contribution is -0.140. The number of carbonyl (C=O) groups excluding carboxylic acids is 2. The molecule has 3 aromatic rings. The van der Waals surface area contributed by atoms with E-state index >= 15 is 0 Å². The van der Waals surface area contributed by atoms with E-state index < -0.39 is 34.3 Å². The van der Waals surface area contributed by atoms with Gasteiger partial charge in [0.05, 0.1) is 18.6 Å². The zero-order chi connectivity index (χ0) is 30.0. The lowest BCUT2D eigenvalue weighted by Gasteiger charge is -2.34. The van der Waals surface area contributed by atoms with Gasteiger partial charge in [0, 0.05) is 19.0 Å². The Morgan fingerprint density at radius 3 is 2.12 bits per heavy atom. The van der Waals surface area contributed by atoms with Crippen LogP contribution >= 0.6 is 0 Å². The second-order valence-corrected chi connectivity index (χ2v) is 11.8. The fraction of sp³-hybridized carbons (Fsp3) is 0.355. The average Bonchev–Trinajstić information content (AvgIpc) is 2.95. The van der Waals surface area contributed by atoms with E-state index in [9.17, 15) is 22.4 Å². The minimum atomic E-state index is -3.88. The third-order valence-corrected chi connectivity index (χ3v) is 7.79. The Morgan fingerprint density at radius 1 is 0.927 bits per heavy atom. The first-order chi connectivity index (χ1) is 19.5. The van der Waals surface area contributed by atoms with Crippen LogP contribution in [0.1, 0.15) is 38.3 Å². The molecule has 0 saturated carbocycles. The van der Waals surface area contributed by atoms with Crippen LogP contribution in [0.25, 0.3) is 0 Å². The molecule has 3 rings (SSSR count). The second-order valence-electron chi connectivity index (χ2n) is 9.87. The molecule has 0 spiro atoms. The molecule has 0 aliphatic rings. The van der Waals surface area contributed by atoms with E-state index in [1.807, 2.05) is 51.1 Å². The lowest BCUT2D eigenvalue weighted by Crippen LogP contribution is -2.54. The maximum absolute atomic E-state index is 14.0. The number of benzene rings is 3. The number of halogens is 1. The molecule has 0 aliphatic carbocycles. The molecule has 10 heteroatoms. The molecule has 3 aromatic carbocycles. The van der Waals surface area contributed by atoms with Crippen molar-refractivity contribution in [2.45, 2.75) is 52.2 Å². The first-order valence-corrected chi connectivity index (χ1v) is 15.4. The molecule has 0 fully saturated rings. The van der Waals surface area contributed by atoms with E-state index in [1.54, 1.807) is 36.4 Å². The van der Waals surface area contributed by atoms with Crippen molar-refractivity contribution in [3.8, 4) is 5.75 Å². The highest BCUT2D eigenvalue weighted by Crippen LogP contribution is 2.23. The lowest BCUT2D eigenvalue weighted by atomic mass is 10.0. The molecule has 2 amide bonds. The van der Waals surface area contributed by atoms with Gasteiger partial charge in [-0.15, -0.1) is 0 Å². The van der Waals surface area contributed by atoms with Gasteiger partial charge in [0.2, 0.25) is 21.8 Å². The number of anilines is 1. The Morgan fingerprint density at radius 2 is 1.56 bits per heavy atom. The highest BCUT2D eigenvalue weighted by molar-refractivity contribution is 7.92. The molecular formula is C31H38FN3O5S. The summed E-state index contributed by atoms with van der Waals surface area (Å²) in [4.78, 5) is 29.1. The van der Waals surface area contributed by atoms with Crippen molar-refractivity contribution in [2.24, 2.45) is 0 Å². The first-order valence-electron chi connectivity index (χ1n) is 13.6. The van der Waals surface area contributed by atoms with Crippen LogP contribution in [-0.4, -0.2) is 56.6 Å². The monoisotopic (exact) mass is 583 g/mol. The van der Waals surface area contributed by atoms with E-state index in [1.165, 1.54) is 17.0 Å². The number of ether oxygens (including phenoxy) is 1. The first kappa shape index (κ1) is 31.6. The number of amides is 2. The fourth-order valence-corrected chi connectivity index (χ4v) is 5.12. The van der Waals surface area contributed by atoms with Gasteiger partial charge in [0.1, 0.15) is 24.2 Å². The molecular weight excluding hydrogens is 545 g/mol. The van der Waals surface area contributed by atoms with Gasteiger partial charge >= 0.3 is 0 Å². The fourth-order valence-electron chi connectivity index (χ4n) is 4.27. The topological polar surface area (TPSA) is 96.0 Å². The van der Waals surface area contributed by atoms with Crippen LogP contribution in [0, 0.1) is 5.82 Å². The average molecular weight is 584 g/mol. The summed E-state index contributed by atoms with van der Waals surface area (Å²) < 4.78 is 45.9. The maximum atomic E-state index is 14.0. The molecule has 41 heavy (non-hydrogen) atoms. The molecule has 0 aromatic heterocycles. The highest BCUT2D eigenvalue weighted by Gasteiger charge is 2.33. The molecule has 1 N–H and O–H groups in total. The summed E-state index contributed by atoms with van der Waals surface area (Å²) in [5, 5.41) is 2.97. The van der Waals surface area contributed by atoms with Crippen LogP contribution in [0.2, 0.25) is 0 Å². The summed E-state index contributed by atoms with van der Waals surface area (Å²) in [6.45, 7) is 5.56. The molecule has 0 bridgehead atoms. The molecule has 220 valence electrons. The Kier molecular flexibility index (Phi) is 11.3. The van der Waals surface area contributed by atoms with Crippen molar-refractivity contribution in [3.05, 3.63) is 95.8 Å². The second kappa shape index (κ2) is 14.6.